The Bertz CT molecular complexity index is 896. The van der Waals surface area contributed by atoms with Gasteiger partial charge in [0.05, 0.1) is 23.6 Å². The molecule has 1 heterocycles. The van der Waals surface area contributed by atoms with Gasteiger partial charge in [-0.2, -0.15) is 17.5 Å². The summed E-state index contributed by atoms with van der Waals surface area (Å²) in [6.07, 6.45) is -5.21. The summed E-state index contributed by atoms with van der Waals surface area (Å²) >= 11 is 0. The molecule has 30 heavy (non-hydrogen) atoms. The second kappa shape index (κ2) is 8.16. The van der Waals surface area contributed by atoms with Crippen molar-refractivity contribution in [1.82, 2.24) is 9.21 Å². The monoisotopic (exact) mass is 452 g/mol. The van der Waals surface area contributed by atoms with Gasteiger partial charge in [0.1, 0.15) is 17.4 Å². The van der Waals surface area contributed by atoms with Crippen LogP contribution in [0.3, 0.4) is 0 Å². The van der Waals surface area contributed by atoms with E-state index in [1.165, 1.54) is 0 Å². The van der Waals surface area contributed by atoms with Crippen LogP contribution in [0.4, 0.5) is 18.0 Å². The molecule has 0 spiro atoms. The number of aldehydes is 1. The van der Waals surface area contributed by atoms with Crippen LogP contribution in [0.1, 0.15) is 26.3 Å². The van der Waals surface area contributed by atoms with Crippen molar-refractivity contribution in [2.24, 2.45) is 0 Å². The quantitative estimate of drug-likeness (QED) is 0.700. The molecule has 1 aromatic carbocycles. The largest absolute Gasteiger partial charge is 0.444 e. The SMILES string of the molecule is CC(C)(C)OC(=O)N1CCN(S(=O)(=O)c2ccc(C(F)(F)F)cc2)C(C=O)(CO)C1. The van der Waals surface area contributed by atoms with Crippen LogP contribution in [0.5, 0.6) is 0 Å². The smallest absolute Gasteiger partial charge is 0.416 e. The minimum absolute atomic E-state index is 0.135. The Morgan fingerprint density at radius 1 is 1.20 bits per heavy atom. The third kappa shape index (κ3) is 4.93. The number of carbonyl (C=O) groups is 2. The maximum Gasteiger partial charge on any atom is 0.416 e. The van der Waals surface area contributed by atoms with Gasteiger partial charge in [-0.1, -0.05) is 0 Å². The molecule has 1 saturated heterocycles. The minimum Gasteiger partial charge on any atom is -0.444 e. The summed E-state index contributed by atoms with van der Waals surface area (Å²) in [5.74, 6) is 0. The van der Waals surface area contributed by atoms with E-state index < -0.39 is 57.0 Å². The number of benzene rings is 1. The molecule has 0 radical (unpaired) electrons. The number of nitrogens with zero attached hydrogens (tertiary/aromatic N) is 2. The van der Waals surface area contributed by atoms with Crippen molar-refractivity contribution < 1.29 is 41.0 Å². The number of hydrogen-bond donors (Lipinski definition) is 1. The lowest BCUT2D eigenvalue weighted by molar-refractivity contribution is -0.137. The van der Waals surface area contributed by atoms with E-state index in [9.17, 15) is 36.3 Å². The molecule has 0 saturated carbocycles. The molecular weight excluding hydrogens is 429 g/mol. The van der Waals surface area contributed by atoms with Crippen LogP contribution in [0.25, 0.3) is 0 Å². The molecule has 1 amide bonds. The van der Waals surface area contributed by atoms with Crippen molar-refractivity contribution in [3.8, 4) is 0 Å². The number of rotatable bonds is 4. The molecule has 2 rings (SSSR count). The average Bonchev–Trinajstić information content (AvgIpc) is 2.65. The van der Waals surface area contributed by atoms with Gasteiger partial charge in [0.15, 0.2) is 0 Å². The van der Waals surface area contributed by atoms with Gasteiger partial charge < -0.3 is 19.5 Å². The predicted molar refractivity (Wildman–Crippen MR) is 99.0 cm³/mol. The van der Waals surface area contributed by atoms with Crippen molar-refractivity contribution in [2.75, 3.05) is 26.2 Å². The summed E-state index contributed by atoms with van der Waals surface area (Å²) in [5, 5.41) is 9.84. The van der Waals surface area contributed by atoms with Crippen molar-refractivity contribution in [3.63, 3.8) is 0 Å². The zero-order chi connectivity index (χ0) is 23.0. The highest BCUT2D eigenvalue weighted by molar-refractivity contribution is 7.89. The molecule has 12 heteroatoms. The van der Waals surface area contributed by atoms with E-state index in [0.717, 1.165) is 17.0 Å². The van der Waals surface area contributed by atoms with Crippen LogP contribution in [-0.4, -0.2) is 72.5 Å². The highest BCUT2D eigenvalue weighted by Crippen LogP contribution is 2.32. The third-order valence-corrected chi connectivity index (χ3v) is 6.44. The summed E-state index contributed by atoms with van der Waals surface area (Å²) in [6.45, 7) is 3.00. The number of sulfonamides is 1. The van der Waals surface area contributed by atoms with E-state index in [2.05, 4.69) is 0 Å². The van der Waals surface area contributed by atoms with Gasteiger partial charge in [0.25, 0.3) is 0 Å². The van der Waals surface area contributed by atoms with E-state index in [1.807, 2.05) is 0 Å². The number of piperazine rings is 1. The lowest BCUT2D eigenvalue weighted by atomic mass is 10.00. The van der Waals surface area contributed by atoms with Crippen LogP contribution in [-0.2, 0) is 25.7 Å². The first-order valence-corrected chi connectivity index (χ1v) is 10.4. The number of amides is 1. The second-order valence-electron chi connectivity index (χ2n) is 7.88. The number of ether oxygens (including phenoxy) is 1. The fourth-order valence-corrected chi connectivity index (χ4v) is 4.66. The Kier molecular flexibility index (Phi) is 6.55. The molecule has 1 fully saturated rings. The van der Waals surface area contributed by atoms with E-state index in [4.69, 9.17) is 4.74 Å². The zero-order valence-electron chi connectivity index (χ0n) is 16.6. The first-order valence-electron chi connectivity index (χ1n) is 8.91. The topological polar surface area (TPSA) is 104 Å². The Balaban J connectivity index is 2.36. The van der Waals surface area contributed by atoms with E-state index in [-0.39, 0.29) is 19.4 Å². The van der Waals surface area contributed by atoms with Crippen LogP contribution in [0.15, 0.2) is 29.2 Å². The normalized spacial score (nSPS) is 21.4. The highest BCUT2D eigenvalue weighted by atomic mass is 32.2. The van der Waals surface area contributed by atoms with Crippen molar-refractivity contribution in [3.05, 3.63) is 29.8 Å². The van der Waals surface area contributed by atoms with Gasteiger partial charge in [-0.25, -0.2) is 13.2 Å². The van der Waals surface area contributed by atoms with Crippen LogP contribution < -0.4 is 0 Å². The average molecular weight is 452 g/mol. The molecule has 0 aliphatic carbocycles. The molecule has 1 aliphatic rings. The molecule has 1 unspecified atom stereocenters. The van der Waals surface area contributed by atoms with Crippen molar-refractivity contribution in [2.45, 2.75) is 43.0 Å². The molecule has 1 N–H and O–H groups in total. The lowest BCUT2D eigenvalue weighted by Crippen LogP contribution is -2.67. The number of carbonyl (C=O) groups excluding carboxylic acids is 2. The molecule has 8 nitrogen and oxygen atoms in total. The van der Waals surface area contributed by atoms with Crippen molar-refractivity contribution >= 4 is 22.4 Å². The molecule has 168 valence electrons. The molecule has 0 bridgehead atoms. The number of alkyl halides is 3. The zero-order valence-corrected chi connectivity index (χ0v) is 17.5. The maximum absolute atomic E-state index is 13.0. The maximum atomic E-state index is 13.0. The second-order valence-corrected chi connectivity index (χ2v) is 9.74. The van der Waals surface area contributed by atoms with Gasteiger partial charge in [0, 0.05) is 13.1 Å². The number of hydrogen-bond acceptors (Lipinski definition) is 6. The van der Waals surface area contributed by atoms with Gasteiger partial charge in [-0.15, -0.1) is 0 Å². The highest BCUT2D eigenvalue weighted by Gasteiger charge is 2.49. The van der Waals surface area contributed by atoms with E-state index in [1.54, 1.807) is 20.8 Å². The summed E-state index contributed by atoms with van der Waals surface area (Å²) in [5.41, 5.74) is -3.86. The third-order valence-electron chi connectivity index (χ3n) is 4.45. The summed E-state index contributed by atoms with van der Waals surface area (Å²) in [6, 6.07) is 2.80. The first kappa shape index (κ1) is 24.1. The summed E-state index contributed by atoms with van der Waals surface area (Å²) in [7, 11) is -4.44. The fraction of sp³-hybridized carbons (Fsp3) is 0.556. The molecule has 1 aromatic rings. The predicted octanol–water partition coefficient (Wildman–Crippen LogP) is 1.88. The van der Waals surface area contributed by atoms with Crippen LogP contribution >= 0.6 is 0 Å². The van der Waals surface area contributed by atoms with E-state index >= 15 is 0 Å². The number of halogens is 3. The Morgan fingerprint density at radius 3 is 2.20 bits per heavy atom. The number of aliphatic hydroxyl groups is 1. The first-order chi connectivity index (χ1) is 13.7. The van der Waals surface area contributed by atoms with Gasteiger partial charge in [0.2, 0.25) is 10.0 Å². The number of aliphatic hydroxyl groups excluding tert-OH is 1. The van der Waals surface area contributed by atoms with Crippen molar-refractivity contribution in [1.29, 1.82) is 0 Å². The summed E-state index contributed by atoms with van der Waals surface area (Å²) in [4.78, 5) is 24.8. The lowest BCUT2D eigenvalue weighted by Gasteiger charge is -2.45. The Labute approximate surface area is 172 Å². The Morgan fingerprint density at radius 2 is 1.77 bits per heavy atom. The standard InChI is InChI=1S/C18H23F3N2O6S/c1-16(2,3)29-15(26)22-8-9-23(17(10-22,11-24)12-25)30(27,28)14-6-4-13(5-7-14)18(19,20)21/h4-7,11,25H,8-10,12H2,1-3H3. The molecule has 1 aliphatic heterocycles. The fourth-order valence-electron chi connectivity index (χ4n) is 2.97. The van der Waals surface area contributed by atoms with Gasteiger partial charge >= 0.3 is 12.3 Å². The minimum atomic E-state index is -4.64. The van der Waals surface area contributed by atoms with Gasteiger partial charge in [-0.3, -0.25) is 0 Å². The van der Waals surface area contributed by atoms with Crippen LogP contribution in [0.2, 0.25) is 0 Å². The Hall–Kier alpha value is -2.18. The van der Waals surface area contributed by atoms with Crippen LogP contribution in [0, 0.1) is 0 Å². The van der Waals surface area contributed by atoms with E-state index in [0.29, 0.717) is 16.4 Å². The summed E-state index contributed by atoms with van der Waals surface area (Å²) < 4.78 is 70.2. The molecule has 0 aromatic heterocycles. The molecule has 1 atom stereocenters. The molecular formula is C18H23F3N2O6S. The van der Waals surface area contributed by atoms with Gasteiger partial charge in [-0.05, 0) is 45.0 Å².